The first kappa shape index (κ1) is 20.1. The summed E-state index contributed by atoms with van der Waals surface area (Å²) in [5.74, 6) is -2.43. The number of carbonyl (C=O) groups excluding carboxylic acids is 4. The molecule has 0 bridgehead atoms. The number of carbonyl (C=O) groups is 4. The number of rotatable bonds is 3. The number of esters is 1. The SMILES string of the molecule is CC(C)=C(C(=O)OC(C)(C)C)N1C(=O)[C@H](N2C(=O)c3ccccc3C2=O)[C@@H]1Cl. The highest BCUT2D eigenvalue weighted by Gasteiger charge is 2.58. The molecule has 3 rings (SSSR count). The fourth-order valence-corrected chi connectivity index (χ4v) is 3.65. The van der Waals surface area contributed by atoms with Crippen molar-refractivity contribution >= 4 is 35.3 Å². The summed E-state index contributed by atoms with van der Waals surface area (Å²) in [6.45, 7) is 8.46. The van der Waals surface area contributed by atoms with Crippen molar-refractivity contribution in [2.45, 2.75) is 51.8 Å². The Labute approximate surface area is 167 Å². The van der Waals surface area contributed by atoms with Gasteiger partial charge in [-0.2, -0.15) is 0 Å². The second kappa shape index (κ2) is 6.74. The van der Waals surface area contributed by atoms with Gasteiger partial charge in [-0.15, -0.1) is 0 Å². The first-order chi connectivity index (χ1) is 13.0. The lowest BCUT2D eigenvalue weighted by atomic mass is 10.0. The van der Waals surface area contributed by atoms with E-state index in [1.807, 2.05) is 0 Å². The molecule has 8 heteroatoms. The van der Waals surface area contributed by atoms with E-state index in [9.17, 15) is 19.2 Å². The number of hydrogen-bond acceptors (Lipinski definition) is 5. The molecule has 1 aromatic carbocycles. The van der Waals surface area contributed by atoms with Crippen molar-refractivity contribution in [3.8, 4) is 0 Å². The number of halogens is 1. The Morgan fingerprint density at radius 3 is 1.93 bits per heavy atom. The number of β-lactam (4-membered cyclic amide) rings is 1. The third-order valence-corrected chi connectivity index (χ3v) is 4.84. The third-order valence-electron chi connectivity index (χ3n) is 4.41. The molecule has 0 spiro atoms. The van der Waals surface area contributed by atoms with Gasteiger partial charge in [0.1, 0.15) is 16.8 Å². The summed E-state index contributed by atoms with van der Waals surface area (Å²) in [6, 6.07) is 5.17. The molecule has 1 saturated heterocycles. The van der Waals surface area contributed by atoms with Crippen molar-refractivity contribution in [1.82, 2.24) is 9.80 Å². The second-order valence-electron chi connectivity index (χ2n) is 7.90. The highest BCUT2D eigenvalue weighted by atomic mass is 35.5. The van der Waals surface area contributed by atoms with Gasteiger partial charge in [0.25, 0.3) is 17.7 Å². The monoisotopic (exact) mass is 404 g/mol. The molecular formula is C20H21ClN2O5. The van der Waals surface area contributed by atoms with Crippen molar-refractivity contribution in [2.24, 2.45) is 0 Å². The van der Waals surface area contributed by atoms with Crippen molar-refractivity contribution < 1.29 is 23.9 Å². The van der Waals surface area contributed by atoms with Gasteiger partial charge in [-0.05, 0) is 52.3 Å². The summed E-state index contributed by atoms with van der Waals surface area (Å²) < 4.78 is 5.37. The molecule has 0 aromatic heterocycles. The molecule has 0 aliphatic carbocycles. The minimum absolute atomic E-state index is 0.0211. The number of likely N-dealkylation sites (tertiary alicyclic amines) is 1. The van der Waals surface area contributed by atoms with E-state index in [-0.39, 0.29) is 16.8 Å². The molecule has 0 N–H and O–H groups in total. The standard InChI is InChI=1S/C20H21ClN2O5/c1-10(2)13(19(27)28-20(3,4)5)22-15(21)14(18(22)26)23-16(24)11-8-6-7-9-12(11)17(23)25/h6-9,14-15H,1-5H3/t14-,15-/m1/s1. The van der Waals surface area contributed by atoms with Crippen LogP contribution in [-0.2, 0) is 14.3 Å². The van der Waals surface area contributed by atoms with Gasteiger partial charge in [-0.1, -0.05) is 23.7 Å². The molecule has 1 aromatic rings. The second-order valence-corrected chi connectivity index (χ2v) is 8.35. The van der Waals surface area contributed by atoms with Gasteiger partial charge in [0.15, 0.2) is 6.04 Å². The maximum absolute atomic E-state index is 12.9. The van der Waals surface area contributed by atoms with E-state index in [4.69, 9.17) is 16.3 Å². The average molecular weight is 405 g/mol. The molecule has 2 atom stereocenters. The molecule has 2 heterocycles. The summed E-state index contributed by atoms with van der Waals surface area (Å²) in [7, 11) is 0. The van der Waals surface area contributed by atoms with Crippen molar-refractivity contribution in [2.75, 3.05) is 0 Å². The Balaban J connectivity index is 1.88. The molecule has 7 nitrogen and oxygen atoms in total. The Bertz CT molecular complexity index is 892. The van der Waals surface area contributed by atoms with Crippen LogP contribution < -0.4 is 0 Å². The van der Waals surface area contributed by atoms with E-state index >= 15 is 0 Å². The molecule has 1 fully saturated rings. The first-order valence-electron chi connectivity index (χ1n) is 8.80. The Kier molecular flexibility index (Phi) is 4.83. The summed E-state index contributed by atoms with van der Waals surface area (Å²) in [6.07, 6.45) is 0. The van der Waals surface area contributed by atoms with Crippen LogP contribution in [0.25, 0.3) is 0 Å². The van der Waals surface area contributed by atoms with Crippen LogP contribution in [0.2, 0.25) is 0 Å². The normalized spacial score (nSPS) is 21.4. The Morgan fingerprint density at radius 2 is 1.54 bits per heavy atom. The number of ether oxygens (including phenoxy) is 1. The largest absolute Gasteiger partial charge is 0.455 e. The smallest absolute Gasteiger partial charge is 0.355 e. The molecule has 0 saturated carbocycles. The van der Waals surface area contributed by atoms with Crippen LogP contribution in [-0.4, -0.2) is 50.6 Å². The summed E-state index contributed by atoms with van der Waals surface area (Å²) in [5, 5.41) is 0. The molecule has 148 valence electrons. The lowest BCUT2D eigenvalue weighted by Crippen LogP contribution is -2.69. The van der Waals surface area contributed by atoms with Crippen molar-refractivity contribution in [1.29, 1.82) is 0 Å². The molecular weight excluding hydrogens is 384 g/mol. The number of fused-ring (bicyclic) bond motifs is 1. The topological polar surface area (TPSA) is 84.0 Å². The highest BCUT2D eigenvalue weighted by Crippen LogP contribution is 2.38. The lowest BCUT2D eigenvalue weighted by Gasteiger charge is -2.47. The third kappa shape index (κ3) is 3.09. The van der Waals surface area contributed by atoms with Gasteiger partial charge < -0.3 is 4.74 Å². The fraction of sp³-hybridized carbons (Fsp3) is 0.400. The fourth-order valence-electron chi connectivity index (χ4n) is 3.24. The van der Waals surface area contributed by atoms with E-state index in [1.165, 1.54) is 12.1 Å². The number of hydrogen-bond donors (Lipinski definition) is 0. The number of alkyl halides is 1. The van der Waals surface area contributed by atoms with E-state index in [1.54, 1.807) is 46.8 Å². The lowest BCUT2D eigenvalue weighted by molar-refractivity contribution is -0.160. The van der Waals surface area contributed by atoms with E-state index in [0.717, 1.165) is 9.80 Å². The zero-order valence-electron chi connectivity index (χ0n) is 16.3. The van der Waals surface area contributed by atoms with E-state index in [0.29, 0.717) is 5.57 Å². The molecule has 0 unspecified atom stereocenters. The molecule has 28 heavy (non-hydrogen) atoms. The number of nitrogens with zero attached hydrogens (tertiary/aromatic N) is 2. The van der Waals surface area contributed by atoms with Crippen LogP contribution in [0.15, 0.2) is 35.5 Å². The minimum atomic E-state index is -1.18. The zero-order chi connectivity index (χ0) is 21.0. The predicted octanol–water partition coefficient (Wildman–Crippen LogP) is 2.69. The number of amides is 3. The van der Waals surface area contributed by atoms with Crippen LogP contribution in [0, 0.1) is 0 Å². The van der Waals surface area contributed by atoms with Crippen LogP contribution in [0.4, 0.5) is 0 Å². The van der Waals surface area contributed by atoms with Gasteiger partial charge in [-0.25, -0.2) is 4.79 Å². The average Bonchev–Trinajstić information content (AvgIpc) is 2.83. The summed E-state index contributed by atoms with van der Waals surface area (Å²) >= 11 is 6.40. The molecule has 0 radical (unpaired) electrons. The summed E-state index contributed by atoms with van der Waals surface area (Å²) in [4.78, 5) is 52.7. The zero-order valence-corrected chi connectivity index (χ0v) is 17.0. The van der Waals surface area contributed by atoms with Gasteiger partial charge in [0.2, 0.25) is 0 Å². The van der Waals surface area contributed by atoms with Crippen LogP contribution in [0.5, 0.6) is 0 Å². The van der Waals surface area contributed by atoms with Gasteiger partial charge in [0, 0.05) is 0 Å². The number of allylic oxidation sites excluding steroid dienone is 1. The van der Waals surface area contributed by atoms with Gasteiger partial charge in [-0.3, -0.25) is 24.2 Å². The van der Waals surface area contributed by atoms with E-state index in [2.05, 4.69) is 0 Å². The molecule has 3 amide bonds. The number of benzene rings is 1. The van der Waals surface area contributed by atoms with Crippen LogP contribution in [0.1, 0.15) is 55.3 Å². The molecule has 2 aliphatic heterocycles. The summed E-state index contributed by atoms with van der Waals surface area (Å²) in [5.41, 5.74) is -0.793. The predicted molar refractivity (Wildman–Crippen MR) is 101 cm³/mol. The van der Waals surface area contributed by atoms with Crippen molar-refractivity contribution in [3.63, 3.8) is 0 Å². The number of imide groups is 1. The molecule has 2 aliphatic rings. The maximum Gasteiger partial charge on any atom is 0.355 e. The van der Waals surface area contributed by atoms with Crippen LogP contribution >= 0.6 is 11.6 Å². The first-order valence-corrected chi connectivity index (χ1v) is 9.24. The Hall–Kier alpha value is -2.67. The minimum Gasteiger partial charge on any atom is -0.455 e. The van der Waals surface area contributed by atoms with E-state index < -0.39 is 40.8 Å². The van der Waals surface area contributed by atoms with Crippen LogP contribution in [0.3, 0.4) is 0 Å². The highest BCUT2D eigenvalue weighted by molar-refractivity contribution is 6.30. The quantitative estimate of drug-likeness (QED) is 0.193. The maximum atomic E-state index is 12.9. The van der Waals surface area contributed by atoms with Gasteiger partial charge in [0.05, 0.1) is 11.1 Å². The Morgan fingerprint density at radius 1 is 1.04 bits per heavy atom. The van der Waals surface area contributed by atoms with Crippen molar-refractivity contribution in [3.05, 3.63) is 46.7 Å². The van der Waals surface area contributed by atoms with Gasteiger partial charge >= 0.3 is 5.97 Å².